The number of hydrogen-bond acceptors (Lipinski definition) is 4. The molecule has 174 valence electrons. The van der Waals surface area contributed by atoms with E-state index in [1.165, 1.54) is 0 Å². The number of carboxylic acid groups (broad SMARTS) is 1. The van der Waals surface area contributed by atoms with Gasteiger partial charge in [0.2, 0.25) is 5.91 Å². The molecule has 0 aromatic heterocycles. The Hall–Kier alpha value is -3.35. The standard InChI is InChI=1S/C26H30N2O5/c1-2-7-23(24(29)28-14-12-17(13-15-28)25(30)31)27-26(32)33-16-22-20-10-5-3-8-18(20)19-9-4-6-11-21(19)22/h3-6,8-11,17,22-23H,2,7,12-16H2,1H3,(H,27,32)(H,30,31)/t23-/m1/s1. The third kappa shape index (κ3) is 4.87. The van der Waals surface area contributed by atoms with E-state index in [0.717, 1.165) is 28.7 Å². The van der Waals surface area contributed by atoms with Crippen LogP contribution in [0.2, 0.25) is 0 Å². The molecule has 1 heterocycles. The number of fused-ring (bicyclic) bond motifs is 3. The normalized spacial score (nSPS) is 16.6. The summed E-state index contributed by atoms with van der Waals surface area (Å²) in [6.45, 7) is 2.93. The highest BCUT2D eigenvalue weighted by atomic mass is 16.5. The van der Waals surface area contributed by atoms with Crippen molar-refractivity contribution in [3.63, 3.8) is 0 Å². The predicted molar refractivity (Wildman–Crippen MR) is 124 cm³/mol. The van der Waals surface area contributed by atoms with E-state index < -0.39 is 24.0 Å². The second-order valence-electron chi connectivity index (χ2n) is 8.75. The fraction of sp³-hybridized carbons (Fsp3) is 0.423. The van der Waals surface area contributed by atoms with Crippen LogP contribution >= 0.6 is 0 Å². The SMILES string of the molecule is CCC[C@@H](NC(=O)OCC1c2ccccc2-c2ccccc21)C(=O)N1CCC(C(=O)O)CC1. The van der Waals surface area contributed by atoms with Crippen molar-refractivity contribution in [2.45, 2.75) is 44.6 Å². The number of carboxylic acids is 1. The molecule has 1 aliphatic heterocycles. The van der Waals surface area contributed by atoms with Gasteiger partial charge in [-0.15, -0.1) is 0 Å². The maximum atomic E-state index is 13.0. The van der Waals surface area contributed by atoms with Crippen molar-refractivity contribution >= 4 is 18.0 Å². The van der Waals surface area contributed by atoms with Crippen LogP contribution in [-0.2, 0) is 14.3 Å². The van der Waals surface area contributed by atoms with Crippen LogP contribution in [0.1, 0.15) is 49.7 Å². The molecule has 7 nitrogen and oxygen atoms in total. The van der Waals surface area contributed by atoms with E-state index >= 15 is 0 Å². The number of likely N-dealkylation sites (tertiary alicyclic amines) is 1. The second-order valence-corrected chi connectivity index (χ2v) is 8.75. The van der Waals surface area contributed by atoms with Crippen molar-refractivity contribution in [2.75, 3.05) is 19.7 Å². The first-order valence-electron chi connectivity index (χ1n) is 11.6. The lowest BCUT2D eigenvalue weighted by molar-refractivity contribution is -0.146. The number of rotatable bonds is 7. The Kier molecular flexibility index (Phi) is 6.96. The topological polar surface area (TPSA) is 95.9 Å². The van der Waals surface area contributed by atoms with Gasteiger partial charge in [0.15, 0.2) is 0 Å². The lowest BCUT2D eigenvalue weighted by Gasteiger charge is -2.33. The van der Waals surface area contributed by atoms with E-state index in [1.54, 1.807) is 4.90 Å². The number of piperidine rings is 1. The Bertz CT molecular complexity index is 983. The Balaban J connectivity index is 1.37. The second kappa shape index (κ2) is 10.1. The van der Waals surface area contributed by atoms with Crippen molar-refractivity contribution in [3.05, 3.63) is 59.7 Å². The minimum Gasteiger partial charge on any atom is -0.481 e. The van der Waals surface area contributed by atoms with Gasteiger partial charge in [-0.05, 0) is 41.5 Å². The number of nitrogens with one attached hydrogen (secondary N) is 1. The summed E-state index contributed by atoms with van der Waals surface area (Å²) in [7, 11) is 0. The van der Waals surface area contributed by atoms with E-state index in [2.05, 4.69) is 29.6 Å². The average molecular weight is 451 g/mol. The summed E-state index contributed by atoms with van der Waals surface area (Å²) in [6.07, 6.45) is 1.49. The molecule has 1 saturated heterocycles. The first-order chi connectivity index (χ1) is 16.0. The number of alkyl carbamates (subject to hydrolysis) is 1. The highest BCUT2D eigenvalue weighted by Crippen LogP contribution is 2.44. The summed E-state index contributed by atoms with van der Waals surface area (Å²) in [5, 5.41) is 11.9. The molecule has 0 saturated carbocycles. The van der Waals surface area contributed by atoms with E-state index in [1.807, 2.05) is 31.2 Å². The van der Waals surface area contributed by atoms with Crippen LogP contribution < -0.4 is 5.32 Å². The van der Waals surface area contributed by atoms with Gasteiger partial charge in [-0.2, -0.15) is 0 Å². The zero-order chi connectivity index (χ0) is 23.4. The Morgan fingerprint density at radius 3 is 2.15 bits per heavy atom. The van der Waals surface area contributed by atoms with Gasteiger partial charge in [0, 0.05) is 19.0 Å². The number of nitrogens with zero attached hydrogens (tertiary/aromatic N) is 1. The van der Waals surface area contributed by atoms with Gasteiger partial charge in [-0.1, -0.05) is 61.9 Å². The number of aliphatic carboxylic acids is 1. The van der Waals surface area contributed by atoms with Crippen molar-refractivity contribution in [1.29, 1.82) is 0 Å². The largest absolute Gasteiger partial charge is 0.481 e. The summed E-state index contributed by atoms with van der Waals surface area (Å²) in [5.74, 6) is -1.44. The molecular weight excluding hydrogens is 420 g/mol. The fourth-order valence-corrected chi connectivity index (χ4v) is 4.90. The van der Waals surface area contributed by atoms with Crippen LogP contribution in [0.5, 0.6) is 0 Å². The lowest BCUT2D eigenvalue weighted by Crippen LogP contribution is -2.51. The monoisotopic (exact) mass is 450 g/mol. The summed E-state index contributed by atoms with van der Waals surface area (Å²) in [5.41, 5.74) is 4.58. The molecule has 2 aromatic rings. The summed E-state index contributed by atoms with van der Waals surface area (Å²) < 4.78 is 5.60. The van der Waals surface area contributed by atoms with E-state index in [9.17, 15) is 14.4 Å². The number of benzene rings is 2. The van der Waals surface area contributed by atoms with Crippen LogP contribution in [0.15, 0.2) is 48.5 Å². The van der Waals surface area contributed by atoms with E-state index in [-0.39, 0.29) is 18.4 Å². The molecule has 1 fully saturated rings. The average Bonchev–Trinajstić information content (AvgIpc) is 3.16. The van der Waals surface area contributed by atoms with Crippen LogP contribution in [0, 0.1) is 5.92 Å². The Morgan fingerprint density at radius 2 is 1.61 bits per heavy atom. The molecule has 0 radical (unpaired) electrons. The predicted octanol–water partition coefficient (Wildman–Crippen LogP) is 4.02. The summed E-state index contributed by atoms with van der Waals surface area (Å²) >= 11 is 0. The maximum absolute atomic E-state index is 13.0. The molecule has 2 N–H and O–H groups in total. The molecule has 0 unspecified atom stereocenters. The maximum Gasteiger partial charge on any atom is 0.407 e. The molecule has 2 aliphatic rings. The van der Waals surface area contributed by atoms with Crippen LogP contribution in [-0.4, -0.2) is 53.7 Å². The van der Waals surface area contributed by atoms with Crippen molar-refractivity contribution in [1.82, 2.24) is 10.2 Å². The third-order valence-electron chi connectivity index (χ3n) is 6.67. The molecule has 2 aromatic carbocycles. The molecule has 0 bridgehead atoms. The highest BCUT2D eigenvalue weighted by Gasteiger charge is 2.32. The quantitative estimate of drug-likeness (QED) is 0.664. The Labute approximate surface area is 193 Å². The molecule has 1 atom stereocenters. The molecule has 0 spiro atoms. The van der Waals surface area contributed by atoms with Gasteiger partial charge in [-0.25, -0.2) is 4.79 Å². The van der Waals surface area contributed by atoms with Gasteiger partial charge >= 0.3 is 12.1 Å². The first-order valence-corrected chi connectivity index (χ1v) is 11.6. The van der Waals surface area contributed by atoms with Crippen LogP contribution in [0.4, 0.5) is 4.79 Å². The van der Waals surface area contributed by atoms with Gasteiger partial charge in [-0.3, -0.25) is 9.59 Å². The number of carbonyl (C=O) groups excluding carboxylic acids is 2. The number of amides is 2. The molecule has 2 amide bonds. The van der Waals surface area contributed by atoms with Gasteiger partial charge in [0.25, 0.3) is 0 Å². The van der Waals surface area contributed by atoms with Gasteiger partial charge in [0.1, 0.15) is 12.6 Å². The van der Waals surface area contributed by atoms with Crippen molar-refractivity contribution in [3.8, 4) is 11.1 Å². The zero-order valence-electron chi connectivity index (χ0n) is 18.8. The van der Waals surface area contributed by atoms with E-state index in [4.69, 9.17) is 9.84 Å². The molecule has 1 aliphatic carbocycles. The lowest BCUT2D eigenvalue weighted by atomic mass is 9.96. The number of ether oxygens (including phenoxy) is 1. The Morgan fingerprint density at radius 1 is 1.03 bits per heavy atom. The summed E-state index contributed by atoms with van der Waals surface area (Å²) in [6, 6.07) is 15.6. The first kappa shape index (κ1) is 22.8. The minimum atomic E-state index is -0.816. The molecule has 33 heavy (non-hydrogen) atoms. The van der Waals surface area contributed by atoms with Crippen LogP contribution in [0.25, 0.3) is 11.1 Å². The fourth-order valence-electron chi connectivity index (χ4n) is 4.90. The zero-order valence-corrected chi connectivity index (χ0v) is 18.8. The smallest absolute Gasteiger partial charge is 0.407 e. The van der Waals surface area contributed by atoms with Gasteiger partial charge in [0.05, 0.1) is 5.92 Å². The minimum absolute atomic E-state index is 0.0430. The van der Waals surface area contributed by atoms with Crippen LogP contribution in [0.3, 0.4) is 0 Å². The van der Waals surface area contributed by atoms with Gasteiger partial charge < -0.3 is 20.1 Å². The summed E-state index contributed by atoms with van der Waals surface area (Å²) in [4.78, 5) is 38.5. The van der Waals surface area contributed by atoms with Crippen molar-refractivity contribution < 1.29 is 24.2 Å². The highest BCUT2D eigenvalue weighted by molar-refractivity contribution is 5.86. The van der Waals surface area contributed by atoms with Crippen molar-refractivity contribution in [2.24, 2.45) is 5.92 Å². The number of hydrogen-bond donors (Lipinski definition) is 2. The number of carbonyl (C=O) groups is 3. The van der Waals surface area contributed by atoms with E-state index in [0.29, 0.717) is 32.4 Å². The molecule has 4 rings (SSSR count). The molecule has 7 heteroatoms. The third-order valence-corrected chi connectivity index (χ3v) is 6.67. The molecular formula is C26H30N2O5.